The number of rotatable bonds is 10. The molecule has 192 valence electrons. The SMILES string of the molecule is CCC(C(=O)NC(C)c1nnc(SCc2cccc(OC)c2)n1-c1cc(Cl)ccc1C)c1ccccc1. The van der Waals surface area contributed by atoms with Gasteiger partial charge in [-0.1, -0.05) is 78.8 Å². The van der Waals surface area contributed by atoms with Crippen molar-refractivity contribution in [2.45, 2.75) is 50.1 Å². The molecule has 1 aromatic heterocycles. The molecular weight excluding hydrogens is 504 g/mol. The largest absolute Gasteiger partial charge is 0.497 e. The molecule has 37 heavy (non-hydrogen) atoms. The van der Waals surface area contributed by atoms with Crippen LogP contribution in [0.5, 0.6) is 5.75 Å². The topological polar surface area (TPSA) is 69.0 Å². The maximum Gasteiger partial charge on any atom is 0.228 e. The Labute approximate surface area is 227 Å². The zero-order valence-corrected chi connectivity index (χ0v) is 23.0. The van der Waals surface area contributed by atoms with Gasteiger partial charge in [-0.2, -0.15) is 0 Å². The van der Waals surface area contributed by atoms with Crippen molar-refractivity contribution in [3.63, 3.8) is 0 Å². The molecule has 4 aromatic rings. The summed E-state index contributed by atoms with van der Waals surface area (Å²) in [6.45, 7) is 5.98. The van der Waals surface area contributed by atoms with E-state index in [0.29, 0.717) is 23.0 Å². The van der Waals surface area contributed by atoms with E-state index < -0.39 is 0 Å². The van der Waals surface area contributed by atoms with Crippen LogP contribution in [0.2, 0.25) is 5.02 Å². The number of benzene rings is 3. The van der Waals surface area contributed by atoms with Crippen molar-refractivity contribution in [1.29, 1.82) is 0 Å². The van der Waals surface area contributed by atoms with Gasteiger partial charge < -0.3 is 10.1 Å². The summed E-state index contributed by atoms with van der Waals surface area (Å²) in [5.41, 5.74) is 4.02. The van der Waals surface area contributed by atoms with Crippen molar-refractivity contribution >= 4 is 29.3 Å². The first-order chi connectivity index (χ1) is 17.9. The summed E-state index contributed by atoms with van der Waals surface area (Å²) in [5, 5.41) is 13.6. The quantitative estimate of drug-likeness (QED) is 0.224. The van der Waals surface area contributed by atoms with Crippen LogP contribution in [-0.4, -0.2) is 27.8 Å². The van der Waals surface area contributed by atoms with Crippen LogP contribution in [0, 0.1) is 6.92 Å². The average molecular weight is 535 g/mol. The van der Waals surface area contributed by atoms with Crippen molar-refractivity contribution in [2.24, 2.45) is 0 Å². The first-order valence-electron chi connectivity index (χ1n) is 12.2. The molecule has 0 bridgehead atoms. The van der Waals surface area contributed by atoms with Gasteiger partial charge in [0.25, 0.3) is 0 Å². The Hall–Kier alpha value is -3.29. The molecule has 0 fully saturated rings. The van der Waals surface area contributed by atoms with Gasteiger partial charge in [0.1, 0.15) is 5.75 Å². The Bertz CT molecular complexity index is 1360. The van der Waals surface area contributed by atoms with Crippen molar-refractivity contribution in [3.05, 3.63) is 100 Å². The summed E-state index contributed by atoms with van der Waals surface area (Å²) in [4.78, 5) is 13.3. The first-order valence-corrected chi connectivity index (χ1v) is 13.6. The Balaban J connectivity index is 1.65. The summed E-state index contributed by atoms with van der Waals surface area (Å²) >= 11 is 7.96. The van der Waals surface area contributed by atoms with Gasteiger partial charge in [0.2, 0.25) is 5.91 Å². The van der Waals surface area contributed by atoms with Gasteiger partial charge in [-0.25, -0.2) is 0 Å². The van der Waals surface area contributed by atoms with Gasteiger partial charge in [-0.3, -0.25) is 9.36 Å². The summed E-state index contributed by atoms with van der Waals surface area (Å²) in [6.07, 6.45) is 0.699. The lowest BCUT2D eigenvalue weighted by Crippen LogP contribution is -2.33. The molecule has 4 rings (SSSR count). The summed E-state index contributed by atoms with van der Waals surface area (Å²) in [7, 11) is 1.66. The lowest BCUT2D eigenvalue weighted by molar-refractivity contribution is -0.123. The number of aromatic nitrogens is 3. The van der Waals surface area contributed by atoms with Gasteiger partial charge in [0, 0.05) is 10.8 Å². The number of carbonyl (C=O) groups excluding carboxylic acids is 1. The van der Waals surface area contributed by atoms with Crippen LogP contribution in [0.3, 0.4) is 0 Å². The molecule has 1 heterocycles. The number of amides is 1. The number of hydrogen-bond acceptors (Lipinski definition) is 5. The average Bonchev–Trinajstić information content (AvgIpc) is 3.34. The lowest BCUT2D eigenvalue weighted by atomic mass is 9.95. The van der Waals surface area contributed by atoms with Crippen molar-refractivity contribution in [3.8, 4) is 11.4 Å². The predicted molar refractivity (Wildman–Crippen MR) is 150 cm³/mol. The first kappa shape index (κ1) is 26.8. The number of nitrogens with one attached hydrogen (secondary N) is 1. The third-order valence-corrected chi connectivity index (χ3v) is 7.48. The smallest absolute Gasteiger partial charge is 0.228 e. The molecule has 1 amide bonds. The maximum absolute atomic E-state index is 13.3. The molecule has 0 spiro atoms. The van der Waals surface area contributed by atoms with Crippen LogP contribution in [0.4, 0.5) is 0 Å². The van der Waals surface area contributed by atoms with E-state index in [4.69, 9.17) is 16.3 Å². The van der Waals surface area contributed by atoms with Crippen molar-refractivity contribution in [1.82, 2.24) is 20.1 Å². The number of aryl methyl sites for hydroxylation is 1. The molecule has 0 aliphatic carbocycles. The zero-order valence-electron chi connectivity index (χ0n) is 21.4. The van der Waals surface area contributed by atoms with E-state index >= 15 is 0 Å². The Morgan fingerprint density at radius 2 is 1.86 bits per heavy atom. The highest BCUT2D eigenvalue weighted by Crippen LogP contribution is 2.31. The summed E-state index contributed by atoms with van der Waals surface area (Å²) in [6, 6.07) is 23.2. The number of halogens is 1. The van der Waals surface area contributed by atoms with Gasteiger partial charge in [0.15, 0.2) is 11.0 Å². The van der Waals surface area contributed by atoms with Gasteiger partial charge >= 0.3 is 0 Å². The molecule has 2 atom stereocenters. The Morgan fingerprint density at radius 3 is 2.59 bits per heavy atom. The lowest BCUT2D eigenvalue weighted by Gasteiger charge is -2.21. The molecule has 0 saturated carbocycles. The molecular formula is C29H31ClN4O2S. The molecule has 0 radical (unpaired) electrons. The number of hydrogen-bond donors (Lipinski definition) is 1. The minimum absolute atomic E-state index is 0.0378. The number of thioether (sulfide) groups is 1. The van der Waals surface area contributed by atoms with Gasteiger partial charge in [0.05, 0.1) is 24.8 Å². The highest BCUT2D eigenvalue weighted by Gasteiger charge is 2.25. The minimum Gasteiger partial charge on any atom is -0.497 e. The fourth-order valence-electron chi connectivity index (χ4n) is 4.25. The van der Waals surface area contributed by atoms with E-state index in [9.17, 15) is 4.79 Å². The van der Waals surface area contributed by atoms with E-state index in [0.717, 1.165) is 33.3 Å². The van der Waals surface area contributed by atoms with Crippen LogP contribution < -0.4 is 10.1 Å². The highest BCUT2D eigenvalue weighted by molar-refractivity contribution is 7.98. The fourth-order valence-corrected chi connectivity index (χ4v) is 5.31. The van der Waals surface area contributed by atoms with Crippen LogP contribution in [0.1, 0.15) is 54.7 Å². The molecule has 3 aromatic carbocycles. The van der Waals surface area contributed by atoms with Gasteiger partial charge in [-0.15, -0.1) is 10.2 Å². The maximum atomic E-state index is 13.3. The van der Waals surface area contributed by atoms with E-state index in [1.165, 1.54) is 0 Å². The van der Waals surface area contributed by atoms with Crippen LogP contribution in [0.15, 0.2) is 78.0 Å². The Kier molecular flexibility index (Phi) is 8.90. The third kappa shape index (κ3) is 6.35. The van der Waals surface area contributed by atoms with Crippen LogP contribution in [-0.2, 0) is 10.5 Å². The monoisotopic (exact) mass is 534 g/mol. The normalized spacial score (nSPS) is 12.7. The highest BCUT2D eigenvalue weighted by atomic mass is 35.5. The van der Waals surface area contributed by atoms with E-state index in [2.05, 4.69) is 21.6 Å². The van der Waals surface area contributed by atoms with Crippen molar-refractivity contribution in [2.75, 3.05) is 7.11 Å². The van der Waals surface area contributed by atoms with Crippen molar-refractivity contribution < 1.29 is 9.53 Å². The number of methoxy groups -OCH3 is 1. The summed E-state index contributed by atoms with van der Waals surface area (Å²) in [5.74, 6) is 1.86. The standard InChI is InChI=1S/C29H31ClN4O2S/c1-5-25(22-11-7-6-8-12-22)28(35)31-20(3)27-32-33-29(34(27)26-17-23(30)15-14-19(26)2)37-18-21-10-9-13-24(16-21)36-4/h6-17,20,25H,5,18H2,1-4H3,(H,31,35). The van der Waals surface area contributed by atoms with Crippen LogP contribution >= 0.6 is 23.4 Å². The molecule has 8 heteroatoms. The third-order valence-electron chi connectivity index (χ3n) is 6.25. The molecule has 0 aliphatic rings. The molecule has 0 saturated heterocycles. The molecule has 6 nitrogen and oxygen atoms in total. The van der Waals surface area contributed by atoms with Crippen LogP contribution in [0.25, 0.3) is 5.69 Å². The number of nitrogens with zero attached hydrogens (tertiary/aromatic N) is 3. The molecule has 0 aliphatic heterocycles. The second kappa shape index (κ2) is 12.3. The summed E-state index contributed by atoms with van der Waals surface area (Å²) < 4.78 is 7.36. The van der Waals surface area contributed by atoms with Gasteiger partial charge in [-0.05, 0) is 61.2 Å². The van der Waals surface area contributed by atoms with E-state index in [-0.39, 0.29) is 17.9 Å². The second-order valence-electron chi connectivity index (χ2n) is 8.85. The van der Waals surface area contributed by atoms with E-state index in [1.54, 1.807) is 18.9 Å². The predicted octanol–water partition coefficient (Wildman–Crippen LogP) is 6.90. The minimum atomic E-state index is -0.373. The molecule has 2 unspecified atom stereocenters. The molecule has 1 N–H and O–H groups in total. The number of carbonyl (C=O) groups is 1. The zero-order chi connectivity index (χ0) is 26.4. The van der Waals surface area contributed by atoms with E-state index in [1.807, 2.05) is 92.1 Å². The second-order valence-corrected chi connectivity index (χ2v) is 10.2. The fraction of sp³-hybridized carbons (Fsp3) is 0.276. The number of ether oxygens (including phenoxy) is 1. The Morgan fingerprint density at radius 1 is 1.08 bits per heavy atom.